The molecule has 0 aliphatic carbocycles. The van der Waals surface area contributed by atoms with Crippen LogP contribution in [0, 0.1) is 10.1 Å². The van der Waals surface area contributed by atoms with Gasteiger partial charge in [-0.15, -0.1) is 11.8 Å². The van der Waals surface area contributed by atoms with Gasteiger partial charge in [0.05, 0.1) is 10.3 Å². The van der Waals surface area contributed by atoms with Crippen molar-refractivity contribution in [2.45, 2.75) is 11.4 Å². The number of hydrogen-bond acceptors (Lipinski definition) is 6. The van der Waals surface area contributed by atoms with Crippen LogP contribution in [0.3, 0.4) is 0 Å². The lowest BCUT2D eigenvalue weighted by Crippen LogP contribution is -2.33. The van der Waals surface area contributed by atoms with E-state index in [1.807, 2.05) is 0 Å². The minimum atomic E-state index is -0.888. The molecule has 86 valence electrons. The third-order valence-corrected chi connectivity index (χ3v) is 4.63. The summed E-state index contributed by atoms with van der Waals surface area (Å²) in [5.41, 5.74) is 0. The van der Waals surface area contributed by atoms with E-state index in [0.29, 0.717) is 5.75 Å². The van der Waals surface area contributed by atoms with Crippen molar-refractivity contribution in [1.82, 2.24) is 5.32 Å². The van der Waals surface area contributed by atoms with E-state index in [2.05, 4.69) is 5.32 Å². The minimum absolute atomic E-state index is 0.0798. The Morgan fingerprint density at radius 2 is 2.38 bits per heavy atom. The molecule has 1 saturated heterocycles. The third-order valence-electron chi connectivity index (χ3n) is 2.13. The fourth-order valence-corrected chi connectivity index (χ4v) is 3.60. The summed E-state index contributed by atoms with van der Waals surface area (Å²) >= 11 is 2.53. The zero-order valence-corrected chi connectivity index (χ0v) is 9.59. The molecule has 0 radical (unpaired) electrons. The molecule has 0 saturated carbocycles. The number of hydrogen-bond donors (Lipinski definition) is 2. The van der Waals surface area contributed by atoms with Crippen LogP contribution in [0.2, 0.25) is 0 Å². The molecule has 2 rings (SSSR count). The standard InChI is InChI=1S/C8H8N2O4S2/c11-8(12)4-3-15-7(9-4)5-1-2-6(16-5)10(13)14/h1-2,4,7,9H,3H2,(H,11,12)/t4-,7+/m0/s1. The summed E-state index contributed by atoms with van der Waals surface area (Å²) in [5.74, 6) is -0.410. The lowest BCUT2D eigenvalue weighted by Gasteiger charge is -2.07. The van der Waals surface area contributed by atoms with Crippen molar-refractivity contribution in [3.05, 3.63) is 27.1 Å². The summed E-state index contributed by atoms with van der Waals surface area (Å²) in [6.07, 6.45) is 0. The maximum absolute atomic E-state index is 10.7. The minimum Gasteiger partial charge on any atom is -0.480 e. The largest absolute Gasteiger partial charge is 0.480 e. The van der Waals surface area contributed by atoms with E-state index >= 15 is 0 Å². The monoisotopic (exact) mass is 260 g/mol. The van der Waals surface area contributed by atoms with Crippen LogP contribution in [-0.4, -0.2) is 27.8 Å². The highest BCUT2D eigenvalue weighted by molar-refractivity contribution is 7.99. The van der Waals surface area contributed by atoms with Gasteiger partial charge in [-0.05, 0) is 6.07 Å². The molecule has 1 aliphatic rings. The molecule has 2 heterocycles. The first kappa shape index (κ1) is 11.4. The highest BCUT2D eigenvalue weighted by Gasteiger charge is 2.31. The predicted octanol–water partition coefficient (Wildman–Crippen LogP) is 1.44. The predicted molar refractivity (Wildman–Crippen MR) is 60.7 cm³/mol. The van der Waals surface area contributed by atoms with Crippen LogP contribution in [0.4, 0.5) is 5.00 Å². The van der Waals surface area contributed by atoms with Gasteiger partial charge in [-0.2, -0.15) is 0 Å². The zero-order chi connectivity index (χ0) is 11.7. The summed E-state index contributed by atoms with van der Waals surface area (Å²) in [6.45, 7) is 0. The first-order valence-electron chi connectivity index (χ1n) is 4.42. The van der Waals surface area contributed by atoms with Crippen molar-refractivity contribution in [1.29, 1.82) is 0 Å². The van der Waals surface area contributed by atoms with Gasteiger partial charge in [0, 0.05) is 16.7 Å². The van der Waals surface area contributed by atoms with Crippen LogP contribution in [0.15, 0.2) is 12.1 Å². The molecule has 1 aromatic rings. The van der Waals surface area contributed by atoms with Gasteiger partial charge < -0.3 is 5.11 Å². The molecule has 0 aromatic carbocycles. The zero-order valence-electron chi connectivity index (χ0n) is 7.95. The number of rotatable bonds is 3. The van der Waals surface area contributed by atoms with Gasteiger partial charge in [0.1, 0.15) is 6.04 Å². The Morgan fingerprint density at radius 3 is 2.88 bits per heavy atom. The summed E-state index contributed by atoms with van der Waals surface area (Å²) < 4.78 is 0. The van der Waals surface area contributed by atoms with Crippen LogP contribution in [-0.2, 0) is 4.79 Å². The van der Waals surface area contributed by atoms with Crippen molar-refractivity contribution >= 4 is 34.1 Å². The first-order chi connectivity index (χ1) is 7.58. The first-order valence-corrected chi connectivity index (χ1v) is 6.29. The fraction of sp³-hybridized carbons (Fsp3) is 0.375. The van der Waals surface area contributed by atoms with E-state index in [-0.39, 0.29) is 10.4 Å². The number of carboxylic acid groups (broad SMARTS) is 1. The quantitative estimate of drug-likeness (QED) is 0.631. The van der Waals surface area contributed by atoms with Crippen molar-refractivity contribution in [3.8, 4) is 0 Å². The molecule has 0 unspecified atom stereocenters. The molecule has 16 heavy (non-hydrogen) atoms. The number of carboxylic acids is 1. The van der Waals surface area contributed by atoms with Gasteiger partial charge >= 0.3 is 11.0 Å². The lowest BCUT2D eigenvalue weighted by atomic mass is 10.3. The number of nitrogens with one attached hydrogen (secondary N) is 1. The van der Waals surface area contributed by atoms with Gasteiger partial charge in [0.2, 0.25) is 0 Å². The highest BCUT2D eigenvalue weighted by Crippen LogP contribution is 2.38. The third kappa shape index (κ3) is 2.18. The Kier molecular flexibility index (Phi) is 3.13. The van der Waals surface area contributed by atoms with E-state index in [0.717, 1.165) is 16.2 Å². The summed E-state index contributed by atoms with van der Waals surface area (Å²) in [6, 6.07) is 2.53. The van der Waals surface area contributed by atoms with Gasteiger partial charge in [-0.3, -0.25) is 20.2 Å². The highest BCUT2D eigenvalue weighted by atomic mass is 32.2. The van der Waals surface area contributed by atoms with Crippen molar-refractivity contribution in [2.24, 2.45) is 0 Å². The van der Waals surface area contributed by atoms with Crippen LogP contribution < -0.4 is 5.32 Å². The number of nitro groups is 1. The fourth-order valence-electron chi connectivity index (χ4n) is 1.36. The maximum Gasteiger partial charge on any atom is 0.324 e. The van der Waals surface area contributed by atoms with E-state index in [4.69, 9.17) is 5.11 Å². The number of thioether (sulfide) groups is 1. The number of nitrogens with zero attached hydrogens (tertiary/aromatic N) is 1. The van der Waals surface area contributed by atoms with Crippen LogP contribution in [0.25, 0.3) is 0 Å². The number of aliphatic carboxylic acids is 1. The molecule has 1 aromatic heterocycles. The van der Waals surface area contributed by atoms with Crippen molar-refractivity contribution in [3.63, 3.8) is 0 Å². The average molecular weight is 260 g/mol. The molecule has 6 nitrogen and oxygen atoms in total. The van der Waals surface area contributed by atoms with Crippen molar-refractivity contribution < 1.29 is 14.8 Å². The van der Waals surface area contributed by atoms with Crippen LogP contribution in [0.1, 0.15) is 10.3 Å². The van der Waals surface area contributed by atoms with Crippen molar-refractivity contribution in [2.75, 3.05) is 5.75 Å². The molecular weight excluding hydrogens is 252 g/mol. The lowest BCUT2D eigenvalue weighted by molar-refractivity contribution is -0.380. The summed E-state index contributed by atoms with van der Waals surface area (Å²) in [5, 5.41) is 22.1. The van der Waals surface area contributed by atoms with Crippen LogP contribution >= 0.6 is 23.1 Å². The molecule has 0 bridgehead atoms. The van der Waals surface area contributed by atoms with Gasteiger partial charge in [0.25, 0.3) is 0 Å². The maximum atomic E-state index is 10.7. The SMILES string of the molecule is O=C(O)[C@@H]1CS[C@H](c2ccc([N+](=O)[O-])s2)N1. The Morgan fingerprint density at radius 1 is 1.62 bits per heavy atom. The van der Waals surface area contributed by atoms with E-state index < -0.39 is 16.9 Å². The molecule has 2 N–H and O–H groups in total. The molecule has 0 spiro atoms. The second kappa shape index (κ2) is 4.40. The molecule has 0 amide bonds. The number of thiophene rings is 1. The molecule has 8 heteroatoms. The molecule has 2 atom stereocenters. The normalized spacial score (nSPS) is 24.5. The van der Waals surface area contributed by atoms with Gasteiger partial charge in [0.15, 0.2) is 0 Å². The van der Waals surface area contributed by atoms with Crippen LogP contribution in [0.5, 0.6) is 0 Å². The second-order valence-electron chi connectivity index (χ2n) is 3.20. The molecule has 1 aliphatic heterocycles. The average Bonchev–Trinajstić information content (AvgIpc) is 2.86. The van der Waals surface area contributed by atoms with E-state index in [9.17, 15) is 14.9 Å². The molecule has 1 fully saturated rings. The smallest absolute Gasteiger partial charge is 0.324 e. The topological polar surface area (TPSA) is 92.5 Å². The Labute approximate surface area is 98.8 Å². The Balaban J connectivity index is 2.08. The Hall–Kier alpha value is -1.12. The van der Waals surface area contributed by atoms with Gasteiger partial charge in [-0.25, -0.2) is 0 Å². The summed E-state index contributed by atoms with van der Waals surface area (Å²) in [4.78, 5) is 21.6. The van der Waals surface area contributed by atoms with E-state index in [1.165, 1.54) is 17.8 Å². The molecular formula is C8H8N2O4S2. The number of carbonyl (C=O) groups is 1. The summed E-state index contributed by atoms with van der Waals surface area (Å²) in [7, 11) is 0. The Bertz CT molecular complexity index is 433. The van der Waals surface area contributed by atoms with E-state index in [1.54, 1.807) is 6.07 Å². The second-order valence-corrected chi connectivity index (χ2v) is 5.44. The van der Waals surface area contributed by atoms with Gasteiger partial charge in [-0.1, -0.05) is 11.3 Å².